The molecule has 1 aromatic carbocycles. The SMILES string of the molecule is CC[C@H](C)[C@H](NC(=O)[C@@H](Cc1ccccc1)NC)C(=O)N[C@@H](CO)C(=O)N[C@H](CCC(N)=O)C(=O)N[C@@H](C(=O)N[C@H](C(=O)N[C@@H](CO)C(=O)N[C@H]1C(=O)N[C@@H](C)C(=O)N[C@@H](CCCCNC(=N)N)C(=O)N[C@@H]([C@@H](C)CC)C(=O)O[C@H]1C)[C@@H](C)CC)[C@@H](C)CC. The number of nitrogens with one attached hydrogen (secondary N) is 13. The van der Waals surface area contributed by atoms with Crippen LogP contribution in [0.3, 0.4) is 0 Å². The molecule has 0 unspecified atom stereocenters. The Labute approximate surface area is 520 Å². The first-order valence-corrected chi connectivity index (χ1v) is 30.6. The zero-order chi connectivity index (χ0) is 67.2. The van der Waals surface area contributed by atoms with Crippen molar-refractivity contribution in [1.29, 1.82) is 5.41 Å². The van der Waals surface area contributed by atoms with E-state index in [0.717, 1.165) is 5.56 Å². The number of aliphatic hydroxyl groups excluding tert-OH is 2. The number of guanidine groups is 1. The van der Waals surface area contributed by atoms with Gasteiger partial charge in [-0.2, -0.15) is 0 Å². The van der Waals surface area contributed by atoms with E-state index in [0.29, 0.717) is 38.6 Å². The number of cyclic esters (lactones) is 1. The lowest BCUT2D eigenvalue weighted by molar-refractivity contribution is -0.157. The Hall–Kier alpha value is -7.99. The molecule has 500 valence electrons. The van der Waals surface area contributed by atoms with Gasteiger partial charge in [-0.1, -0.05) is 111 Å². The van der Waals surface area contributed by atoms with Crippen molar-refractivity contribution in [2.24, 2.45) is 35.1 Å². The first-order chi connectivity index (χ1) is 42.0. The second-order valence-electron chi connectivity index (χ2n) is 22.8. The van der Waals surface area contributed by atoms with Crippen LogP contribution in [0.15, 0.2) is 30.3 Å². The highest BCUT2D eigenvalue weighted by Gasteiger charge is 2.41. The normalized spacial score (nSPS) is 20.9. The molecule has 30 heteroatoms. The lowest BCUT2D eigenvalue weighted by atomic mass is 9.94. The van der Waals surface area contributed by atoms with Crippen LogP contribution < -0.4 is 75.3 Å². The van der Waals surface area contributed by atoms with Crippen molar-refractivity contribution in [3.8, 4) is 0 Å². The van der Waals surface area contributed by atoms with E-state index in [1.165, 1.54) is 13.8 Å². The third-order valence-corrected chi connectivity index (χ3v) is 16.0. The number of likely N-dealkylation sites (N-methyl/N-ethyl adjacent to an activating group) is 1. The van der Waals surface area contributed by atoms with Crippen molar-refractivity contribution in [2.75, 3.05) is 26.8 Å². The first kappa shape index (κ1) is 77.1. The zero-order valence-corrected chi connectivity index (χ0v) is 53.2. The molecule has 0 bridgehead atoms. The summed E-state index contributed by atoms with van der Waals surface area (Å²) in [6.07, 6.45) is 0.169. The van der Waals surface area contributed by atoms with Gasteiger partial charge >= 0.3 is 5.97 Å². The Bertz CT molecular complexity index is 2560. The number of unbranched alkanes of at least 4 members (excludes halogenated alkanes) is 1. The Morgan fingerprint density at radius 1 is 0.607 bits per heavy atom. The van der Waals surface area contributed by atoms with Crippen LogP contribution >= 0.6 is 0 Å². The Balaban J connectivity index is 2.40. The molecule has 1 fully saturated rings. The van der Waals surface area contributed by atoms with Crippen molar-refractivity contribution >= 4 is 76.9 Å². The van der Waals surface area contributed by atoms with E-state index in [4.69, 9.17) is 21.6 Å². The van der Waals surface area contributed by atoms with Crippen molar-refractivity contribution in [3.63, 3.8) is 0 Å². The minimum absolute atomic E-state index is 0.0962. The van der Waals surface area contributed by atoms with Crippen LogP contribution in [0.2, 0.25) is 0 Å². The summed E-state index contributed by atoms with van der Waals surface area (Å²) in [6, 6.07) is -6.32. The van der Waals surface area contributed by atoms with E-state index in [1.807, 2.05) is 30.3 Å². The van der Waals surface area contributed by atoms with Crippen LogP contribution in [0, 0.1) is 29.1 Å². The lowest BCUT2D eigenvalue weighted by Crippen LogP contribution is -2.63. The van der Waals surface area contributed by atoms with Gasteiger partial charge in [-0.05, 0) is 82.2 Å². The predicted octanol–water partition coefficient (Wildman–Crippen LogP) is -3.28. The summed E-state index contributed by atoms with van der Waals surface area (Å²) >= 11 is 0. The molecule has 0 aromatic heterocycles. The van der Waals surface area contributed by atoms with Crippen molar-refractivity contribution < 1.29 is 72.5 Å². The average Bonchev–Trinajstić information content (AvgIpc) is 3.61. The quantitative estimate of drug-likeness (QED) is 0.0137. The third-order valence-electron chi connectivity index (χ3n) is 16.0. The van der Waals surface area contributed by atoms with E-state index in [-0.39, 0.29) is 25.2 Å². The number of carbonyl (C=O) groups is 12. The van der Waals surface area contributed by atoms with Gasteiger partial charge in [-0.3, -0.25) is 58.1 Å². The Morgan fingerprint density at radius 3 is 1.57 bits per heavy atom. The van der Waals surface area contributed by atoms with Gasteiger partial charge in [0.15, 0.2) is 5.96 Å². The maximum atomic E-state index is 14.4. The Morgan fingerprint density at radius 2 is 1.09 bits per heavy atom. The van der Waals surface area contributed by atoms with Crippen LogP contribution in [-0.4, -0.2) is 186 Å². The summed E-state index contributed by atoms with van der Waals surface area (Å²) in [5.74, 6) is -13.4. The molecule has 0 saturated carbocycles. The maximum absolute atomic E-state index is 14.4. The molecule has 16 atom stereocenters. The summed E-state index contributed by atoms with van der Waals surface area (Å²) in [6.45, 7) is 14.4. The minimum atomic E-state index is -1.83. The van der Waals surface area contributed by atoms with Crippen molar-refractivity contribution in [1.82, 2.24) is 63.8 Å². The van der Waals surface area contributed by atoms with E-state index < -0.39 is 193 Å². The molecule has 30 nitrogen and oxygen atoms in total. The monoisotopic (exact) mass is 1260 g/mol. The van der Waals surface area contributed by atoms with Gasteiger partial charge in [0.2, 0.25) is 65.0 Å². The average molecular weight is 1260 g/mol. The molecule has 11 amide bonds. The minimum Gasteiger partial charge on any atom is -0.458 e. The maximum Gasteiger partial charge on any atom is 0.329 e. The molecule has 1 aliphatic heterocycles. The molecule has 0 radical (unpaired) electrons. The number of nitrogens with two attached hydrogens (primary N) is 2. The summed E-state index contributed by atoms with van der Waals surface area (Å²) in [5, 5.41) is 59.4. The molecule has 1 aliphatic rings. The van der Waals surface area contributed by atoms with Crippen LogP contribution in [0.25, 0.3) is 0 Å². The highest BCUT2D eigenvalue weighted by atomic mass is 16.5. The van der Waals surface area contributed by atoms with Gasteiger partial charge in [0.1, 0.15) is 66.5 Å². The van der Waals surface area contributed by atoms with E-state index in [9.17, 15) is 67.7 Å². The molecular formula is C59H99N15O15. The number of benzene rings is 1. The number of ether oxygens (including phenoxy) is 1. The van der Waals surface area contributed by atoms with Crippen LogP contribution in [0.5, 0.6) is 0 Å². The van der Waals surface area contributed by atoms with E-state index in [2.05, 4.69) is 63.8 Å². The summed E-state index contributed by atoms with van der Waals surface area (Å²) in [7, 11) is 1.60. The number of hydrogen-bond donors (Lipinski definition) is 17. The zero-order valence-electron chi connectivity index (χ0n) is 53.2. The fourth-order valence-corrected chi connectivity index (χ4v) is 9.30. The second kappa shape index (κ2) is 39.1. The highest BCUT2D eigenvalue weighted by molar-refractivity contribution is 5.99. The smallest absolute Gasteiger partial charge is 0.329 e. The molecule has 89 heavy (non-hydrogen) atoms. The van der Waals surface area contributed by atoms with E-state index in [1.54, 1.807) is 62.4 Å². The largest absolute Gasteiger partial charge is 0.458 e. The highest BCUT2D eigenvalue weighted by Crippen LogP contribution is 2.17. The fourth-order valence-electron chi connectivity index (χ4n) is 9.30. The van der Waals surface area contributed by atoms with Crippen LogP contribution in [0.1, 0.15) is 133 Å². The lowest BCUT2D eigenvalue weighted by Gasteiger charge is -2.31. The molecule has 19 N–H and O–H groups in total. The third kappa shape index (κ3) is 25.2. The van der Waals surface area contributed by atoms with Gasteiger partial charge in [0, 0.05) is 13.0 Å². The molecule has 1 aromatic rings. The van der Waals surface area contributed by atoms with Gasteiger partial charge in [0.05, 0.1) is 19.3 Å². The summed E-state index contributed by atoms with van der Waals surface area (Å²) in [5.41, 5.74) is 11.7. The number of primary amides is 1. The molecule has 1 saturated heterocycles. The molecule has 2 rings (SSSR count). The number of hydrogen-bond acceptors (Lipinski definition) is 17. The van der Waals surface area contributed by atoms with Gasteiger partial charge in [0.25, 0.3) is 0 Å². The van der Waals surface area contributed by atoms with Crippen molar-refractivity contribution in [2.45, 2.75) is 206 Å². The molecule has 0 spiro atoms. The number of carbonyl (C=O) groups excluding carboxylic acids is 12. The van der Waals surface area contributed by atoms with Gasteiger partial charge in [-0.15, -0.1) is 0 Å². The van der Waals surface area contributed by atoms with Gasteiger partial charge in [-0.25, -0.2) is 4.79 Å². The second-order valence-corrected chi connectivity index (χ2v) is 22.8. The number of rotatable bonds is 35. The summed E-state index contributed by atoms with van der Waals surface area (Å²) < 4.78 is 5.72. The van der Waals surface area contributed by atoms with E-state index >= 15 is 0 Å². The van der Waals surface area contributed by atoms with Crippen LogP contribution in [0.4, 0.5) is 0 Å². The molecule has 0 aliphatic carbocycles. The predicted molar refractivity (Wildman–Crippen MR) is 328 cm³/mol. The topological polar surface area (TPSA) is 475 Å². The number of amides is 11. The molecule has 1 heterocycles. The fraction of sp³-hybridized carbons (Fsp3) is 0.678. The first-order valence-electron chi connectivity index (χ1n) is 30.6. The number of esters is 1. The van der Waals surface area contributed by atoms with Gasteiger partial charge < -0.3 is 90.2 Å². The van der Waals surface area contributed by atoms with Crippen molar-refractivity contribution in [3.05, 3.63) is 35.9 Å². The molecular weight excluding hydrogens is 1160 g/mol. The summed E-state index contributed by atoms with van der Waals surface area (Å²) in [4.78, 5) is 165. The van der Waals surface area contributed by atoms with Crippen LogP contribution in [-0.2, 0) is 68.7 Å². The number of aliphatic hydroxyl groups is 2. The Kier molecular flexibility index (Phi) is 33.9. The standard InChI is InChI=1S/C59H99N15O15/c1-12-30(5)43(71-51(81)39(63-11)27-36-21-17-16-18-22-36)54(84)68-40(28-75)52(82)67-38(24-25-42(60)77)50(80)70-45(32(7)14-3)56(86)72-44(31(6)13-2)55(85)69-41(29-76)53(83)74-47-35(10)89-58(88)46(33(8)15-4)73-49(79)37(23-19-20-26-64-59(61)62)66-48(78)34(9)65-57(47)87/h16-18,21-22,30-35,37-41,43-47,63,75-76H,12-15,19-20,23-29H2,1-11H3,(H2,60,77)(H,65,87)(H,66,78)(H,67,82)(H,68,84)(H,69,85)(H,70,80)(H,71,81)(H,72,86)(H,73,79)(H,74,83)(H4,61,62,64)/t30-,31-,32-,33-,34-,35-,37-,38+,39+,40-,41-,43-,44-,45+,46-,47+/m0/s1.